The Hall–Kier alpha value is -4.19. The smallest absolute Gasteiger partial charge is 0.274 e. The number of guanidine groups is 1. The molecule has 1 atom stereocenters. The fraction of sp³-hybridized carbons (Fsp3) is 0.208. The van der Waals surface area contributed by atoms with Crippen LogP contribution < -0.4 is 0 Å². The van der Waals surface area contributed by atoms with Gasteiger partial charge in [0.05, 0.1) is 17.0 Å². The van der Waals surface area contributed by atoms with E-state index in [4.69, 9.17) is 0 Å². The first-order chi connectivity index (χ1) is 16.0. The highest BCUT2D eigenvalue weighted by Gasteiger charge is 2.64. The summed E-state index contributed by atoms with van der Waals surface area (Å²) < 4.78 is 32.2. The predicted molar refractivity (Wildman–Crippen MR) is 115 cm³/mol. The average molecular weight is 442 g/mol. The third-order valence-electron chi connectivity index (χ3n) is 6.19. The molecule has 2 aromatic heterocycles. The Bertz CT molecular complexity index is 1420. The molecule has 0 saturated heterocycles. The van der Waals surface area contributed by atoms with Gasteiger partial charge in [0.2, 0.25) is 5.96 Å². The number of hydrogen-bond donors (Lipinski definition) is 0. The summed E-state index contributed by atoms with van der Waals surface area (Å²) in [5.41, 5.74) is 0.625. The van der Waals surface area contributed by atoms with Crippen molar-refractivity contribution in [3.05, 3.63) is 82.9 Å². The van der Waals surface area contributed by atoms with E-state index < -0.39 is 23.2 Å². The van der Waals surface area contributed by atoms with Crippen LogP contribution >= 0.6 is 0 Å². The molecule has 7 nitrogen and oxygen atoms in total. The first-order valence-electron chi connectivity index (χ1n) is 10.4. The lowest BCUT2D eigenvalue weighted by Crippen LogP contribution is -2.42. The van der Waals surface area contributed by atoms with E-state index in [9.17, 15) is 4.79 Å². The Morgan fingerprint density at radius 2 is 1.82 bits per heavy atom. The van der Waals surface area contributed by atoms with Gasteiger partial charge in [-0.3, -0.25) is 14.5 Å². The molecule has 6 rings (SSSR count). The summed E-state index contributed by atoms with van der Waals surface area (Å²) in [6, 6.07) is 6.95. The summed E-state index contributed by atoms with van der Waals surface area (Å²) in [6.07, 6.45) is 6.05. The number of aromatic nitrogens is 3. The zero-order valence-corrected chi connectivity index (χ0v) is 17.5. The van der Waals surface area contributed by atoms with Crippen LogP contribution in [-0.4, -0.2) is 42.8 Å². The van der Waals surface area contributed by atoms with Crippen LogP contribution in [0.3, 0.4) is 0 Å². The van der Waals surface area contributed by atoms with E-state index in [1.165, 1.54) is 12.1 Å². The molecule has 1 aromatic carbocycles. The highest BCUT2D eigenvalue weighted by molar-refractivity contribution is 6.21. The molecule has 2 aliphatic heterocycles. The Morgan fingerprint density at radius 1 is 1.06 bits per heavy atom. The summed E-state index contributed by atoms with van der Waals surface area (Å²) in [7, 11) is 1.74. The zero-order chi connectivity index (χ0) is 22.7. The van der Waals surface area contributed by atoms with Gasteiger partial charge in [0.15, 0.2) is 0 Å². The number of halogens is 2. The minimum atomic E-state index is -0.783. The summed E-state index contributed by atoms with van der Waals surface area (Å²) in [6.45, 7) is 0. The van der Waals surface area contributed by atoms with Gasteiger partial charge < -0.3 is 4.90 Å². The van der Waals surface area contributed by atoms with Gasteiger partial charge in [0.1, 0.15) is 23.2 Å². The number of rotatable bonds is 2. The number of hydrogen-bond acceptors (Lipinski definition) is 5. The quantitative estimate of drug-likeness (QED) is 0.572. The van der Waals surface area contributed by atoms with Crippen molar-refractivity contribution in [2.45, 2.75) is 24.4 Å². The molecule has 1 aliphatic carbocycles. The zero-order valence-electron chi connectivity index (χ0n) is 17.5. The lowest BCUT2D eigenvalue weighted by atomic mass is 9.96. The molecule has 3 aromatic rings. The normalized spacial score (nSPS) is 19.8. The van der Waals surface area contributed by atoms with E-state index in [1.807, 2.05) is 0 Å². The van der Waals surface area contributed by atoms with Gasteiger partial charge in [-0.1, -0.05) is 11.8 Å². The van der Waals surface area contributed by atoms with Crippen molar-refractivity contribution < 1.29 is 13.6 Å². The van der Waals surface area contributed by atoms with Gasteiger partial charge in [-0.15, -0.1) is 0 Å². The fourth-order valence-corrected chi connectivity index (χ4v) is 4.44. The first-order valence-corrected chi connectivity index (χ1v) is 10.4. The molecule has 1 amide bonds. The average Bonchev–Trinajstić information content (AvgIpc) is 3.27. The number of amides is 1. The molecule has 1 spiro atoms. The van der Waals surface area contributed by atoms with Crippen molar-refractivity contribution in [1.82, 2.24) is 19.7 Å². The molecule has 9 heteroatoms. The molecular weight excluding hydrogens is 426 g/mol. The lowest BCUT2D eigenvalue weighted by molar-refractivity contribution is -0.121. The van der Waals surface area contributed by atoms with E-state index >= 15 is 8.78 Å². The maximum absolute atomic E-state index is 15.3. The van der Waals surface area contributed by atoms with E-state index in [-0.39, 0.29) is 28.7 Å². The second-order valence-electron chi connectivity index (χ2n) is 8.20. The van der Waals surface area contributed by atoms with Gasteiger partial charge in [-0.25, -0.2) is 13.8 Å². The SMILES string of the molecule is Cn1nccc1C1C(c2c(F)cc(C#Cc3cccnc3)cc2F)=NC2=NC(=O)C3(CC3)N21. The summed E-state index contributed by atoms with van der Waals surface area (Å²) >= 11 is 0. The largest absolute Gasteiger partial charge is 0.312 e. The first kappa shape index (κ1) is 19.5. The van der Waals surface area contributed by atoms with E-state index in [0.717, 1.165) is 0 Å². The van der Waals surface area contributed by atoms with Gasteiger partial charge in [0, 0.05) is 36.8 Å². The van der Waals surface area contributed by atoms with Crippen molar-refractivity contribution in [3.63, 3.8) is 0 Å². The van der Waals surface area contributed by atoms with Gasteiger partial charge in [0.25, 0.3) is 5.91 Å². The Morgan fingerprint density at radius 3 is 2.45 bits per heavy atom. The predicted octanol–water partition coefficient (Wildman–Crippen LogP) is 2.77. The lowest BCUT2D eigenvalue weighted by Gasteiger charge is -2.29. The van der Waals surface area contributed by atoms with Gasteiger partial charge >= 0.3 is 0 Å². The topological polar surface area (TPSA) is 75.7 Å². The van der Waals surface area contributed by atoms with Crippen molar-refractivity contribution in [1.29, 1.82) is 0 Å². The van der Waals surface area contributed by atoms with Crippen LogP contribution in [0.2, 0.25) is 0 Å². The second kappa shape index (κ2) is 6.90. The van der Waals surface area contributed by atoms with Crippen molar-refractivity contribution in [3.8, 4) is 11.8 Å². The number of fused-ring (bicyclic) bond motifs is 2. The monoisotopic (exact) mass is 442 g/mol. The van der Waals surface area contributed by atoms with E-state index in [0.29, 0.717) is 24.1 Å². The number of aryl methyl sites for hydroxylation is 1. The number of carbonyl (C=O) groups excluding carboxylic acids is 1. The molecular formula is C24H16F2N6O. The minimum absolute atomic E-state index is 0.165. The van der Waals surface area contributed by atoms with Crippen LogP contribution in [0.1, 0.15) is 41.3 Å². The third kappa shape index (κ3) is 2.91. The molecule has 3 aliphatic rings. The second-order valence-corrected chi connectivity index (χ2v) is 8.20. The highest BCUT2D eigenvalue weighted by Crippen LogP contribution is 2.53. The van der Waals surface area contributed by atoms with Crippen LogP contribution in [0.25, 0.3) is 0 Å². The third-order valence-corrected chi connectivity index (χ3v) is 6.19. The number of pyridine rings is 1. The molecule has 0 N–H and O–H groups in total. The van der Waals surface area contributed by atoms with E-state index in [2.05, 4.69) is 31.9 Å². The summed E-state index contributed by atoms with van der Waals surface area (Å²) in [5, 5.41) is 4.20. The number of aliphatic imine (C=N–C) groups is 2. The fourth-order valence-electron chi connectivity index (χ4n) is 4.44. The number of benzene rings is 1. The molecule has 162 valence electrons. The Labute approximate surface area is 187 Å². The van der Waals surface area contributed by atoms with Crippen LogP contribution in [0.15, 0.2) is 58.9 Å². The Balaban J connectivity index is 1.45. The maximum Gasteiger partial charge on any atom is 0.274 e. The van der Waals surface area contributed by atoms with Crippen LogP contribution in [0.4, 0.5) is 8.78 Å². The minimum Gasteiger partial charge on any atom is -0.312 e. The van der Waals surface area contributed by atoms with Crippen LogP contribution in [-0.2, 0) is 11.8 Å². The van der Waals surface area contributed by atoms with E-state index in [1.54, 1.807) is 53.4 Å². The molecule has 1 unspecified atom stereocenters. The molecule has 0 radical (unpaired) electrons. The van der Waals surface area contributed by atoms with Gasteiger partial charge in [-0.05, 0) is 43.2 Å². The summed E-state index contributed by atoms with van der Waals surface area (Å²) in [5.74, 6) is 3.99. The van der Waals surface area contributed by atoms with Crippen LogP contribution in [0.5, 0.6) is 0 Å². The van der Waals surface area contributed by atoms with Gasteiger partial charge in [-0.2, -0.15) is 10.1 Å². The van der Waals surface area contributed by atoms with Crippen LogP contribution in [0, 0.1) is 23.5 Å². The van der Waals surface area contributed by atoms with Crippen molar-refractivity contribution in [2.75, 3.05) is 0 Å². The van der Waals surface area contributed by atoms with Crippen molar-refractivity contribution in [2.24, 2.45) is 17.0 Å². The molecule has 1 fully saturated rings. The molecule has 33 heavy (non-hydrogen) atoms. The maximum atomic E-state index is 15.3. The highest BCUT2D eigenvalue weighted by atomic mass is 19.1. The van der Waals surface area contributed by atoms with Crippen molar-refractivity contribution >= 4 is 17.6 Å². The molecule has 0 bridgehead atoms. The standard InChI is InChI=1S/C24H16F2N6O/c1-31-18(6-10-28-31)21-20(29-23-30-22(33)24(7-8-24)32(21)23)19-16(25)11-15(12-17(19)26)5-4-14-3-2-9-27-13-14/h2-3,6,9-13,21H,7-8H2,1H3. The number of carbonyl (C=O) groups is 1. The Kier molecular flexibility index (Phi) is 4.08. The summed E-state index contributed by atoms with van der Waals surface area (Å²) in [4.78, 5) is 26.8. The molecule has 1 saturated carbocycles. The number of nitrogens with zero attached hydrogens (tertiary/aromatic N) is 6. The molecule has 4 heterocycles.